The molecule has 0 aliphatic heterocycles. The number of rotatable bonds is 5. The lowest BCUT2D eigenvalue weighted by Crippen LogP contribution is -2.05. The first-order valence-corrected chi connectivity index (χ1v) is 7.15. The van der Waals surface area contributed by atoms with E-state index in [0.29, 0.717) is 5.75 Å². The van der Waals surface area contributed by atoms with E-state index in [0.717, 1.165) is 18.7 Å². The number of hydrogen-bond acceptors (Lipinski definition) is 2. The largest absolute Gasteiger partial charge is 0.508 e. The lowest BCUT2D eigenvalue weighted by atomic mass is 9.91. The fourth-order valence-electron chi connectivity index (χ4n) is 2.59. The molecule has 0 saturated carbocycles. The maximum atomic E-state index is 9.45. The Morgan fingerprint density at radius 3 is 2.43 bits per heavy atom. The Kier molecular flexibility index (Phi) is 4.01. The molecule has 0 amide bonds. The molecule has 0 fully saturated rings. The Bertz CT molecular complexity index is 660. The Hall–Kier alpha value is -2.55. The van der Waals surface area contributed by atoms with Crippen LogP contribution in [0, 0.1) is 0 Å². The van der Waals surface area contributed by atoms with Crippen LogP contribution in [0.5, 0.6) is 5.75 Å². The number of phenols is 1. The van der Waals surface area contributed by atoms with Crippen molar-refractivity contribution in [2.75, 3.05) is 0 Å². The normalized spacial score (nSPS) is 12.2. The molecule has 1 unspecified atom stereocenters. The van der Waals surface area contributed by atoms with Crippen molar-refractivity contribution in [2.24, 2.45) is 0 Å². The number of hydrogen-bond donors (Lipinski definition) is 2. The first kappa shape index (κ1) is 13.4. The van der Waals surface area contributed by atoms with Gasteiger partial charge in [0, 0.05) is 18.3 Å². The summed E-state index contributed by atoms with van der Waals surface area (Å²) in [5.41, 5.74) is 2.49. The molecule has 1 aromatic heterocycles. The van der Waals surface area contributed by atoms with Crippen molar-refractivity contribution in [1.29, 1.82) is 0 Å². The second-order valence-corrected chi connectivity index (χ2v) is 5.14. The molecule has 0 aliphatic carbocycles. The van der Waals surface area contributed by atoms with Gasteiger partial charge in [0.25, 0.3) is 0 Å². The molecule has 3 aromatic rings. The van der Waals surface area contributed by atoms with E-state index in [2.05, 4.69) is 34.2 Å². The van der Waals surface area contributed by atoms with Gasteiger partial charge in [-0.1, -0.05) is 42.5 Å². The van der Waals surface area contributed by atoms with Gasteiger partial charge in [-0.25, -0.2) is 4.98 Å². The van der Waals surface area contributed by atoms with Crippen molar-refractivity contribution in [1.82, 2.24) is 9.97 Å². The van der Waals surface area contributed by atoms with Gasteiger partial charge in [-0.2, -0.15) is 0 Å². The molecule has 106 valence electrons. The summed E-state index contributed by atoms with van der Waals surface area (Å²) >= 11 is 0. The van der Waals surface area contributed by atoms with E-state index in [1.807, 2.05) is 24.4 Å². The second kappa shape index (κ2) is 6.27. The number of imidazole rings is 1. The number of aryl methyl sites for hydroxylation is 1. The second-order valence-electron chi connectivity index (χ2n) is 5.14. The van der Waals surface area contributed by atoms with Crippen molar-refractivity contribution in [3.8, 4) is 5.75 Å². The van der Waals surface area contributed by atoms with Crippen molar-refractivity contribution >= 4 is 0 Å². The smallest absolute Gasteiger partial charge is 0.115 e. The lowest BCUT2D eigenvalue weighted by molar-refractivity contribution is 0.475. The monoisotopic (exact) mass is 278 g/mol. The molecule has 1 atom stereocenters. The molecular weight excluding hydrogens is 260 g/mol. The van der Waals surface area contributed by atoms with Gasteiger partial charge in [0.2, 0.25) is 0 Å². The van der Waals surface area contributed by atoms with E-state index in [4.69, 9.17) is 0 Å². The first-order valence-electron chi connectivity index (χ1n) is 7.15. The third-order valence-corrected chi connectivity index (χ3v) is 3.71. The molecule has 0 aliphatic rings. The summed E-state index contributed by atoms with van der Waals surface area (Å²) in [6.45, 7) is 0. The highest BCUT2D eigenvalue weighted by atomic mass is 16.3. The van der Waals surface area contributed by atoms with Crippen LogP contribution >= 0.6 is 0 Å². The van der Waals surface area contributed by atoms with Crippen LogP contribution in [0.15, 0.2) is 67.0 Å². The van der Waals surface area contributed by atoms with Crippen LogP contribution in [0.4, 0.5) is 0 Å². The molecule has 3 heteroatoms. The maximum absolute atomic E-state index is 9.45. The van der Waals surface area contributed by atoms with Crippen LogP contribution in [0.1, 0.15) is 29.3 Å². The van der Waals surface area contributed by atoms with E-state index >= 15 is 0 Å². The van der Waals surface area contributed by atoms with Gasteiger partial charge in [0.15, 0.2) is 0 Å². The molecule has 0 saturated heterocycles. The van der Waals surface area contributed by atoms with Gasteiger partial charge in [0.1, 0.15) is 11.6 Å². The minimum absolute atomic E-state index is 0.209. The van der Waals surface area contributed by atoms with E-state index < -0.39 is 0 Å². The number of nitrogens with one attached hydrogen (secondary N) is 1. The van der Waals surface area contributed by atoms with Crippen LogP contribution in [0.3, 0.4) is 0 Å². The van der Waals surface area contributed by atoms with E-state index in [1.165, 1.54) is 11.1 Å². The SMILES string of the molecule is Oc1ccc(C(CCc2ccccc2)c2ncc[nH]2)cc1. The molecule has 0 spiro atoms. The minimum atomic E-state index is 0.209. The van der Waals surface area contributed by atoms with Crippen molar-refractivity contribution in [3.63, 3.8) is 0 Å². The van der Waals surface area contributed by atoms with Gasteiger partial charge < -0.3 is 10.1 Å². The highest BCUT2D eigenvalue weighted by molar-refractivity contribution is 5.32. The summed E-state index contributed by atoms with van der Waals surface area (Å²) in [6, 6.07) is 17.9. The van der Waals surface area contributed by atoms with Crippen LogP contribution in [-0.4, -0.2) is 15.1 Å². The fourth-order valence-corrected chi connectivity index (χ4v) is 2.59. The van der Waals surface area contributed by atoms with Gasteiger partial charge in [-0.05, 0) is 36.1 Å². The molecule has 3 nitrogen and oxygen atoms in total. The zero-order valence-corrected chi connectivity index (χ0v) is 11.7. The van der Waals surface area contributed by atoms with Gasteiger partial charge in [0.05, 0.1) is 0 Å². The predicted octanol–water partition coefficient (Wildman–Crippen LogP) is 3.88. The third-order valence-electron chi connectivity index (χ3n) is 3.71. The van der Waals surface area contributed by atoms with Gasteiger partial charge in [-0.3, -0.25) is 0 Å². The first-order chi connectivity index (χ1) is 10.3. The van der Waals surface area contributed by atoms with E-state index in [-0.39, 0.29) is 5.92 Å². The standard InChI is InChI=1S/C18H18N2O/c21-16-9-7-15(8-10-16)17(18-19-12-13-20-18)11-6-14-4-2-1-3-5-14/h1-5,7-10,12-13,17,21H,6,11H2,(H,19,20). The number of benzene rings is 2. The number of phenolic OH excluding ortho intramolecular Hbond substituents is 1. The summed E-state index contributed by atoms with van der Waals surface area (Å²) in [5, 5.41) is 9.45. The molecule has 2 N–H and O–H groups in total. The zero-order valence-electron chi connectivity index (χ0n) is 11.7. The molecule has 21 heavy (non-hydrogen) atoms. The van der Waals surface area contributed by atoms with E-state index in [9.17, 15) is 5.11 Å². The highest BCUT2D eigenvalue weighted by Gasteiger charge is 2.16. The number of aromatic amines is 1. The molecule has 0 bridgehead atoms. The molecular formula is C18H18N2O. The molecule has 2 aromatic carbocycles. The van der Waals surface area contributed by atoms with Gasteiger partial charge in [-0.15, -0.1) is 0 Å². The van der Waals surface area contributed by atoms with Gasteiger partial charge >= 0.3 is 0 Å². The van der Waals surface area contributed by atoms with Crippen LogP contribution in [0.2, 0.25) is 0 Å². The average Bonchev–Trinajstić information content (AvgIpc) is 3.04. The lowest BCUT2D eigenvalue weighted by Gasteiger charge is -2.15. The summed E-state index contributed by atoms with van der Waals surface area (Å²) in [7, 11) is 0. The van der Waals surface area contributed by atoms with Crippen LogP contribution < -0.4 is 0 Å². The summed E-state index contributed by atoms with van der Waals surface area (Å²) in [4.78, 5) is 7.62. The highest BCUT2D eigenvalue weighted by Crippen LogP contribution is 2.28. The molecule has 3 rings (SSSR count). The Morgan fingerprint density at radius 1 is 1.00 bits per heavy atom. The third kappa shape index (κ3) is 3.31. The average molecular weight is 278 g/mol. The Morgan fingerprint density at radius 2 is 1.76 bits per heavy atom. The van der Waals surface area contributed by atoms with Crippen molar-refractivity contribution < 1.29 is 5.11 Å². The van der Waals surface area contributed by atoms with Crippen molar-refractivity contribution in [3.05, 3.63) is 83.9 Å². The minimum Gasteiger partial charge on any atom is -0.508 e. The summed E-state index contributed by atoms with van der Waals surface area (Å²) < 4.78 is 0. The fraction of sp³-hybridized carbons (Fsp3) is 0.167. The van der Waals surface area contributed by atoms with Crippen molar-refractivity contribution in [2.45, 2.75) is 18.8 Å². The molecule has 1 heterocycles. The number of aromatic nitrogens is 2. The molecule has 0 radical (unpaired) electrons. The number of nitrogens with zero attached hydrogens (tertiary/aromatic N) is 1. The number of aromatic hydroxyl groups is 1. The predicted molar refractivity (Wildman–Crippen MR) is 83.3 cm³/mol. The summed E-state index contributed by atoms with van der Waals surface area (Å²) in [5.74, 6) is 1.47. The van der Waals surface area contributed by atoms with Crippen LogP contribution in [0.25, 0.3) is 0 Å². The summed E-state index contributed by atoms with van der Waals surface area (Å²) in [6.07, 6.45) is 5.60. The maximum Gasteiger partial charge on any atom is 0.115 e. The quantitative estimate of drug-likeness (QED) is 0.744. The number of H-pyrrole nitrogens is 1. The van der Waals surface area contributed by atoms with Crippen LogP contribution in [-0.2, 0) is 6.42 Å². The van der Waals surface area contributed by atoms with E-state index in [1.54, 1.807) is 18.3 Å². The zero-order chi connectivity index (χ0) is 14.5. The Labute approximate surface area is 124 Å². The topological polar surface area (TPSA) is 48.9 Å². The Balaban J connectivity index is 1.81.